The molecule has 1 heteroatoms. The average molecular weight is 235 g/mol. The van der Waals surface area contributed by atoms with E-state index in [9.17, 15) is 0 Å². The number of hydrogen-bond donors (Lipinski definition) is 1. The van der Waals surface area contributed by atoms with Crippen LogP contribution in [0, 0.1) is 23.2 Å². The Morgan fingerprint density at radius 2 is 1.53 bits per heavy atom. The van der Waals surface area contributed by atoms with E-state index in [0.717, 1.165) is 23.2 Å². The van der Waals surface area contributed by atoms with Gasteiger partial charge in [-0.15, -0.1) is 0 Å². The molecule has 0 aromatic heterocycles. The van der Waals surface area contributed by atoms with Gasteiger partial charge >= 0.3 is 0 Å². The van der Waals surface area contributed by atoms with E-state index in [4.69, 9.17) is 0 Å². The SMILES string of the molecule is CCCCNCCC12CC3CC(CC(C3)C1)C2. The van der Waals surface area contributed by atoms with Gasteiger partial charge in [-0.25, -0.2) is 0 Å². The van der Waals surface area contributed by atoms with Crippen molar-refractivity contribution >= 4 is 0 Å². The van der Waals surface area contributed by atoms with E-state index in [0.29, 0.717) is 0 Å². The molecule has 1 N–H and O–H groups in total. The van der Waals surface area contributed by atoms with Crippen LogP contribution < -0.4 is 5.32 Å². The van der Waals surface area contributed by atoms with Crippen LogP contribution in [0.15, 0.2) is 0 Å². The van der Waals surface area contributed by atoms with Crippen LogP contribution in [0.25, 0.3) is 0 Å². The van der Waals surface area contributed by atoms with Crippen LogP contribution in [0.5, 0.6) is 0 Å². The largest absolute Gasteiger partial charge is 0.317 e. The molecule has 4 fully saturated rings. The molecule has 98 valence electrons. The molecule has 0 unspecified atom stereocenters. The van der Waals surface area contributed by atoms with Gasteiger partial charge in [0.1, 0.15) is 0 Å². The molecule has 4 bridgehead atoms. The maximum Gasteiger partial charge on any atom is -0.00436 e. The highest BCUT2D eigenvalue weighted by atomic mass is 14.8. The van der Waals surface area contributed by atoms with Crippen molar-refractivity contribution in [2.45, 2.75) is 64.7 Å². The van der Waals surface area contributed by atoms with Crippen molar-refractivity contribution in [3.8, 4) is 0 Å². The number of hydrogen-bond acceptors (Lipinski definition) is 1. The highest BCUT2D eigenvalue weighted by molar-refractivity contribution is 5.01. The Bertz CT molecular complexity index is 223. The lowest BCUT2D eigenvalue weighted by molar-refractivity contribution is -0.0567. The fraction of sp³-hybridized carbons (Fsp3) is 1.00. The van der Waals surface area contributed by atoms with E-state index in [1.165, 1.54) is 32.4 Å². The van der Waals surface area contributed by atoms with E-state index in [1.807, 2.05) is 0 Å². The lowest BCUT2D eigenvalue weighted by Crippen LogP contribution is -2.47. The van der Waals surface area contributed by atoms with Gasteiger partial charge < -0.3 is 5.32 Å². The van der Waals surface area contributed by atoms with Gasteiger partial charge in [0, 0.05) is 0 Å². The molecule has 0 amide bonds. The van der Waals surface area contributed by atoms with Crippen molar-refractivity contribution in [2.24, 2.45) is 23.2 Å². The number of unbranched alkanes of at least 4 members (excludes halogenated alkanes) is 1. The monoisotopic (exact) mass is 235 g/mol. The third kappa shape index (κ3) is 2.54. The summed E-state index contributed by atoms with van der Waals surface area (Å²) >= 11 is 0. The molecule has 0 spiro atoms. The Hall–Kier alpha value is -0.0400. The van der Waals surface area contributed by atoms with Gasteiger partial charge in [0.15, 0.2) is 0 Å². The fourth-order valence-corrected chi connectivity index (χ4v) is 5.38. The summed E-state index contributed by atoms with van der Waals surface area (Å²) in [6.07, 6.45) is 13.6. The Labute approximate surface area is 107 Å². The first-order valence-corrected chi connectivity index (χ1v) is 8.00. The van der Waals surface area contributed by atoms with Crippen LogP contribution in [-0.4, -0.2) is 13.1 Å². The van der Waals surface area contributed by atoms with Crippen LogP contribution in [0.1, 0.15) is 64.7 Å². The standard InChI is InChI=1S/C16H29N/c1-2-3-5-17-6-4-16-10-13-7-14(11-16)9-15(8-13)12-16/h13-15,17H,2-12H2,1H3. The summed E-state index contributed by atoms with van der Waals surface area (Å²) in [5.74, 6) is 3.37. The predicted molar refractivity (Wildman–Crippen MR) is 73.0 cm³/mol. The van der Waals surface area contributed by atoms with Gasteiger partial charge in [-0.05, 0) is 87.6 Å². The second-order valence-electron chi connectivity index (χ2n) is 7.27. The van der Waals surface area contributed by atoms with E-state index in [2.05, 4.69) is 12.2 Å². The smallest absolute Gasteiger partial charge is 0.00436 e. The van der Waals surface area contributed by atoms with E-state index in [-0.39, 0.29) is 0 Å². The third-order valence-electron chi connectivity index (χ3n) is 5.70. The summed E-state index contributed by atoms with van der Waals surface area (Å²) in [6, 6.07) is 0. The van der Waals surface area contributed by atoms with Crippen molar-refractivity contribution < 1.29 is 0 Å². The zero-order valence-corrected chi connectivity index (χ0v) is 11.5. The number of nitrogens with one attached hydrogen (secondary N) is 1. The summed E-state index contributed by atoms with van der Waals surface area (Å²) in [4.78, 5) is 0. The molecule has 4 saturated carbocycles. The minimum absolute atomic E-state index is 0.786. The van der Waals surface area contributed by atoms with E-state index in [1.54, 1.807) is 38.5 Å². The molecule has 0 radical (unpaired) electrons. The normalized spacial score (nSPS) is 43.2. The molecule has 17 heavy (non-hydrogen) atoms. The Kier molecular flexibility index (Phi) is 3.47. The first-order valence-electron chi connectivity index (χ1n) is 8.00. The summed E-state index contributed by atoms with van der Waals surface area (Å²) < 4.78 is 0. The first kappa shape index (κ1) is 12.0. The molecule has 1 nitrogen and oxygen atoms in total. The predicted octanol–water partition coefficient (Wildman–Crippen LogP) is 3.98. The van der Waals surface area contributed by atoms with Crippen LogP contribution >= 0.6 is 0 Å². The van der Waals surface area contributed by atoms with Crippen molar-refractivity contribution in [1.29, 1.82) is 0 Å². The Morgan fingerprint density at radius 1 is 0.941 bits per heavy atom. The van der Waals surface area contributed by atoms with Crippen LogP contribution in [-0.2, 0) is 0 Å². The molecular weight excluding hydrogens is 206 g/mol. The summed E-state index contributed by atoms with van der Waals surface area (Å²) in [7, 11) is 0. The minimum atomic E-state index is 0.786. The van der Waals surface area contributed by atoms with Gasteiger partial charge in [-0.2, -0.15) is 0 Å². The number of rotatable bonds is 6. The molecule has 0 aliphatic heterocycles. The zero-order chi connectivity index (χ0) is 11.7. The van der Waals surface area contributed by atoms with E-state index >= 15 is 0 Å². The molecule has 0 atom stereocenters. The molecule has 0 saturated heterocycles. The van der Waals surface area contributed by atoms with Gasteiger partial charge in [0.2, 0.25) is 0 Å². The zero-order valence-electron chi connectivity index (χ0n) is 11.5. The molecule has 0 aromatic carbocycles. The van der Waals surface area contributed by atoms with Crippen molar-refractivity contribution in [2.75, 3.05) is 13.1 Å². The third-order valence-corrected chi connectivity index (χ3v) is 5.70. The molecule has 4 aliphatic rings. The van der Waals surface area contributed by atoms with Gasteiger partial charge in [0.25, 0.3) is 0 Å². The van der Waals surface area contributed by atoms with Crippen molar-refractivity contribution in [3.05, 3.63) is 0 Å². The van der Waals surface area contributed by atoms with Crippen molar-refractivity contribution in [3.63, 3.8) is 0 Å². The highest BCUT2D eigenvalue weighted by Crippen LogP contribution is 2.61. The summed E-state index contributed by atoms with van der Waals surface area (Å²) in [5, 5.41) is 3.66. The molecule has 4 rings (SSSR count). The van der Waals surface area contributed by atoms with Gasteiger partial charge in [0.05, 0.1) is 0 Å². The average Bonchev–Trinajstić information content (AvgIpc) is 2.26. The maximum atomic E-state index is 3.66. The maximum absolute atomic E-state index is 3.66. The van der Waals surface area contributed by atoms with E-state index < -0.39 is 0 Å². The fourth-order valence-electron chi connectivity index (χ4n) is 5.38. The summed E-state index contributed by atoms with van der Waals surface area (Å²) in [6.45, 7) is 4.80. The molecular formula is C16H29N. The molecule has 0 aromatic rings. The van der Waals surface area contributed by atoms with Crippen LogP contribution in [0.4, 0.5) is 0 Å². The molecule has 4 aliphatic carbocycles. The van der Waals surface area contributed by atoms with Gasteiger partial charge in [-0.3, -0.25) is 0 Å². The summed E-state index contributed by atoms with van der Waals surface area (Å²) in [5.41, 5.74) is 0.786. The molecule has 0 heterocycles. The van der Waals surface area contributed by atoms with Crippen LogP contribution in [0.3, 0.4) is 0 Å². The second kappa shape index (κ2) is 4.91. The van der Waals surface area contributed by atoms with Crippen LogP contribution in [0.2, 0.25) is 0 Å². The highest BCUT2D eigenvalue weighted by Gasteiger charge is 2.50. The lowest BCUT2D eigenvalue weighted by Gasteiger charge is -2.57. The van der Waals surface area contributed by atoms with Crippen molar-refractivity contribution in [1.82, 2.24) is 5.32 Å². The Morgan fingerprint density at radius 3 is 2.06 bits per heavy atom. The van der Waals surface area contributed by atoms with Gasteiger partial charge in [-0.1, -0.05) is 13.3 Å². The second-order valence-corrected chi connectivity index (χ2v) is 7.27. The minimum Gasteiger partial charge on any atom is -0.317 e. The quantitative estimate of drug-likeness (QED) is 0.687. The lowest BCUT2D eigenvalue weighted by atomic mass is 9.49. The Balaban J connectivity index is 1.49. The first-order chi connectivity index (χ1) is 8.30. The topological polar surface area (TPSA) is 12.0 Å².